The van der Waals surface area contributed by atoms with E-state index in [4.69, 9.17) is 9.47 Å². The van der Waals surface area contributed by atoms with Gasteiger partial charge in [0, 0.05) is 17.3 Å². The van der Waals surface area contributed by atoms with Crippen molar-refractivity contribution in [3.05, 3.63) is 77.9 Å². The molecule has 6 heteroatoms. The van der Waals surface area contributed by atoms with Gasteiger partial charge < -0.3 is 19.9 Å². The summed E-state index contributed by atoms with van der Waals surface area (Å²) in [6.45, 7) is 2.40. The molecule has 0 bridgehead atoms. The fraction of sp³-hybridized carbons (Fsp3) is 0.174. The van der Waals surface area contributed by atoms with E-state index in [9.17, 15) is 9.90 Å². The fourth-order valence-corrected chi connectivity index (χ4v) is 3.51. The van der Waals surface area contributed by atoms with Crippen LogP contribution in [0, 0.1) is 0 Å². The maximum atomic E-state index is 13.5. The first-order chi connectivity index (χ1) is 14.1. The van der Waals surface area contributed by atoms with E-state index >= 15 is 0 Å². The number of methoxy groups -OCH3 is 1. The van der Waals surface area contributed by atoms with Crippen LogP contribution in [0.3, 0.4) is 0 Å². The van der Waals surface area contributed by atoms with Crippen LogP contribution in [0.4, 0.5) is 11.4 Å². The molecule has 148 valence electrons. The molecule has 1 heterocycles. The van der Waals surface area contributed by atoms with Crippen molar-refractivity contribution in [3.63, 3.8) is 0 Å². The van der Waals surface area contributed by atoms with Crippen molar-refractivity contribution in [3.8, 4) is 17.2 Å². The number of amides is 1. The predicted molar refractivity (Wildman–Crippen MR) is 112 cm³/mol. The molecule has 2 N–H and O–H groups in total. The molecule has 3 aromatic carbocycles. The third-order valence-corrected chi connectivity index (χ3v) is 4.86. The van der Waals surface area contributed by atoms with E-state index in [1.54, 1.807) is 42.3 Å². The molecule has 0 aromatic heterocycles. The summed E-state index contributed by atoms with van der Waals surface area (Å²) in [5, 5.41) is 14.0. The average molecular weight is 390 g/mol. The van der Waals surface area contributed by atoms with E-state index in [2.05, 4.69) is 5.32 Å². The van der Waals surface area contributed by atoms with Crippen molar-refractivity contribution in [2.75, 3.05) is 23.9 Å². The van der Waals surface area contributed by atoms with Crippen LogP contribution in [-0.2, 0) is 0 Å². The molecule has 1 aliphatic heterocycles. The summed E-state index contributed by atoms with van der Waals surface area (Å²) in [5.74, 6) is 1.17. The zero-order valence-electron chi connectivity index (χ0n) is 16.3. The molecule has 0 radical (unpaired) electrons. The van der Waals surface area contributed by atoms with Gasteiger partial charge in [0.05, 0.1) is 25.0 Å². The summed E-state index contributed by atoms with van der Waals surface area (Å²) in [7, 11) is 1.58. The van der Waals surface area contributed by atoms with Crippen LogP contribution in [-0.4, -0.2) is 24.7 Å². The van der Waals surface area contributed by atoms with E-state index in [-0.39, 0.29) is 11.7 Å². The minimum absolute atomic E-state index is 0.0750. The lowest BCUT2D eigenvalue weighted by Gasteiger charge is -2.38. The molecule has 1 unspecified atom stereocenters. The number of rotatable bonds is 5. The van der Waals surface area contributed by atoms with E-state index < -0.39 is 6.17 Å². The molecule has 0 aliphatic carbocycles. The van der Waals surface area contributed by atoms with E-state index in [0.717, 1.165) is 0 Å². The number of carbonyl (C=O) groups excluding carboxylic acids is 1. The zero-order valence-corrected chi connectivity index (χ0v) is 16.3. The lowest BCUT2D eigenvalue weighted by molar-refractivity contribution is 0.0974. The van der Waals surface area contributed by atoms with Gasteiger partial charge in [-0.3, -0.25) is 9.69 Å². The summed E-state index contributed by atoms with van der Waals surface area (Å²) >= 11 is 0. The molecule has 6 nitrogen and oxygen atoms in total. The van der Waals surface area contributed by atoms with Crippen LogP contribution in [0.25, 0.3) is 0 Å². The molecule has 0 saturated carbocycles. The van der Waals surface area contributed by atoms with Gasteiger partial charge in [0.25, 0.3) is 5.91 Å². The number of phenolic OH excluding ortho intramolecular Hbond substituents is 1. The quantitative estimate of drug-likeness (QED) is 0.668. The Morgan fingerprint density at radius 2 is 1.86 bits per heavy atom. The monoisotopic (exact) mass is 390 g/mol. The summed E-state index contributed by atoms with van der Waals surface area (Å²) in [4.78, 5) is 15.1. The number of benzene rings is 3. The molecule has 0 spiro atoms. The first kappa shape index (κ1) is 18.7. The van der Waals surface area contributed by atoms with E-state index in [1.807, 2.05) is 43.3 Å². The molecule has 1 aliphatic rings. The Hall–Kier alpha value is -3.67. The SMILES string of the molecule is CCOc1ccc(O)c(C2Nc3ccccc3C(=O)N2c2cccc(OC)c2)c1. The van der Waals surface area contributed by atoms with Crippen molar-refractivity contribution in [2.45, 2.75) is 13.1 Å². The van der Waals surface area contributed by atoms with Gasteiger partial charge in [-0.25, -0.2) is 0 Å². The minimum Gasteiger partial charge on any atom is -0.508 e. The van der Waals surface area contributed by atoms with Crippen molar-refractivity contribution in [1.82, 2.24) is 0 Å². The second-order valence-corrected chi connectivity index (χ2v) is 6.62. The standard InChI is InChI=1S/C23H22N2O4/c1-3-29-17-11-12-21(26)19(14-17)22-24-20-10-5-4-9-18(20)23(27)25(22)15-7-6-8-16(13-15)28-2/h4-14,22,24,26H,3H2,1-2H3. The highest BCUT2D eigenvalue weighted by molar-refractivity contribution is 6.12. The van der Waals surface area contributed by atoms with Crippen LogP contribution in [0.1, 0.15) is 29.0 Å². The van der Waals surface area contributed by atoms with Crippen LogP contribution >= 0.6 is 0 Å². The number of phenols is 1. The lowest BCUT2D eigenvalue weighted by Crippen LogP contribution is -2.43. The van der Waals surface area contributed by atoms with Gasteiger partial charge in [-0.2, -0.15) is 0 Å². The van der Waals surface area contributed by atoms with Crippen molar-refractivity contribution in [1.29, 1.82) is 0 Å². The number of aromatic hydroxyl groups is 1. The summed E-state index contributed by atoms with van der Waals surface area (Å²) in [6.07, 6.45) is -0.620. The minimum atomic E-state index is -0.620. The largest absolute Gasteiger partial charge is 0.508 e. The average Bonchev–Trinajstić information content (AvgIpc) is 2.75. The first-order valence-electron chi connectivity index (χ1n) is 9.41. The highest BCUT2D eigenvalue weighted by Gasteiger charge is 2.35. The van der Waals surface area contributed by atoms with Gasteiger partial charge in [-0.1, -0.05) is 18.2 Å². The topological polar surface area (TPSA) is 71.0 Å². The first-order valence-corrected chi connectivity index (χ1v) is 9.41. The third kappa shape index (κ3) is 3.45. The predicted octanol–water partition coefficient (Wildman–Crippen LogP) is 4.57. The third-order valence-electron chi connectivity index (χ3n) is 4.86. The number of hydrogen-bond acceptors (Lipinski definition) is 5. The van der Waals surface area contributed by atoms with Gasteiger partial charge in [0.15, 0.2) is 0 Å². The Morgan fingerprint density at radius 3 is 2.66 bits per heavy atom. The van der Waals surface area contributed by atoms with E-state index in [0.29, 0.717) is 40.6 Å². The Morgan fingerprint density at radius 1 is 1.03 bits per heavy atom. The van der Waals surface area contributed by atoms with Gasteiger partial charge in [0.1, 0.15) is 23.4 Å². The Bertz CT molecular complexity index is 1050. The number of carbonyl (C=O) groups is 1. The van der Waals surface area contributed by atoms with Crippen LogP contribution in [0.5, 0.6) is 17.2 Å². The molecule has 1 amide bonds. The second kappa shape index (κ2) is 7.75. The van der Waals surface area contributed by atoms with E-state index in [1.165, 1.54) is 0 Å². The number of para-hydroxylation sites is 1. The summed E-state index contributed by atoms with van der Waals surface area (Å²) in [6, 6.07) is 19.7. The van der Waals surface area contributed by atoms with Crippen molar-refractivity contribution in [2.24, 2.45) is 0 Å². The molecular formula is C23H22N2O4. The fourth-order valence-electron chi connectivity index (χ4n) is 3.51. The number of ether oxygens (including phenoxy) is 2. The van der Waals surface area contributed by atoms with Crippen LogP contribution < -0.4 is 19.7 Å². The molecule has 3 aromatic rings. The molecule has 0 fully saturated rings. The smallest absolute Gasteiger partial charge is 0.262 e. The Balaban J connectivity index is 1.87. The summed E-state index contributed by atoms with van der Waals surface area (Å²) in [5.41, 5.74) is 2.47. The lowest BCUT2D eigenvalue weighted by atomic mass is 10.0. The highest BCUT2D eigenvalue weighted by atomic mass is 16.5. The second-order valence-electron chi connectivity index (χ2n) is 6.62. The number of anilines is 2. The van der Waals surface area contributed by atoms with Crippen molar-refractivity contribution >= 4 is 17.3 Å². The van der Waals surface area contributed by atoms with Gasteiger partial charge >= 0.3 is 0 Å². The van der Waals surface area contributed by atoms with Crippen molar-refractivity contribution < 1.29 is 19.4 Å². The molecule has 29 heavy (non-hydrogen) atoms. The van der Waals surface area contributed by atoms with Gasteiger partial charge in [0.2, 0.25) is 0 Å². The van der Waals surface area contributed by atoms with Gasteiger partial charge in [-0.05, 0) is 49.4 Å². The molecule has 1 atom stereocenters. The number of nitrogens with one attached hydrogen (secondary N) is 1. The number of nitrogens with zero attached hydrogens (tertiary/aromatic N) is 1. The maximum absolute atomic E-state index is 13.5. The van der Waals surface area contributed by atoms with Crippen LogP contribution in [0.15, 0.2) is 66.7 Å². The Kier molecular flexibility index (Phi) is 4.99. The molecular weight excluding hydrogens is 368 g/mol. The number of fused-ring (bicyclic) bond motifs is 1. The van der Waals surface area contributed by atoms with Gasteiger partial charge in [-0.15, -0.1) is 0 Å². The molecule has 4 rings (SSSR count). The Labute approximate surface area is 169 Å². The number of hydrogen-bond donors (Lipinski definition) is 2. The zero-order chi connectivity index (χ0) is 20.4. The summed E-state index contributed by atoms with van der Waals surface area (Å²) < 4.78 is 10.9. The van der Waals surface area contributed by atoms with Crippen LogP contribution in [0.2, 0.25) is 0 Å². The maximum Gasteiger partial charge on any atom is 0.262 e. The normalized spacial score (nSPS) is 15.4. The molecule has 0 saturated heterocycles. The highest BCUT2D eigenvalue weighted by Crippen LogP contribution is 2.41.